The second-order valence-electron chi connectivity index (χ2n) is 4.59. The number of hydrogen-bond acceptors (Lipinski definition) is 4. The van der Waals surface area contributed by atoms with Crippen molar-refractivity contribution in [3.63, 3.8) is 0 Å². The molecular weight excluding hydrogens is 322 g/mol. The van der Waals surface area contributed by atoms with Crippen molar-refractivity contribution < 1.29 is 14.4 Å². The number of hydroxylamine groups is 2. The van der Waals surface area contributed by atoms with Crippen LogP contribution in [0.4, 0.5) is 0 Å². The van der Waals surface area contributed by atoms with Crippen molar-refractivity contribution in [1.82, 2.24) is 5.06 Å². The SMILES string of the molecule is O=C1c2ccccc2C(=O)N1OCCSc1cccc(Cl)c1. The van der Waals surface area contributed by atoms with Crippen LogP contribution in [0.25, 0.3) is 0 Å². The summed E-state index contributed by atoms with van der Waals surface area (Å²) in [5.41, 5.74) is 0.769. The Kier molecular flexibility index (Phi) is 4.47. The number of halogens is 1. The van der Waals surface area contributed by atoms with E-state index in [4.69, 9.17) is 16.4 Å². The third-order valence-corrected chi connectivity index (χ3v) is 4.32. The molecule has 2 amide bonds. The van der Waals surface area contributed by atoms with Crippen LogP contribution in [0.15, 0.2) is 53.4 Å². The zero-order valence-electron chi connectivity index (χ0n) is 11.5. The van der Waals surface area contributed by atoms with Gasteiger partial charge in [0.1, 0.15) is 0 Å². The van der Waals surface area contributed by atoms with Crippen molar-refractivity contribution in [1.29, 1.82) is 0 Å². The molecule has 1 aliphatic heterocycles. The Morgan fingerprint density at radius 3 is 2.32 bits per heavy atom. The minimum atomic E-state index is -0.409. The first-order chi connectivity index (χ1) is 10.7. The zero-order valence-corrected chi connectivity index (χ0v) is 13.1. The molecule has 0 atom stereocenters. The topological polar surface area (TPSA) is 46.6 Å². The maximum Gasteiger partial charge on any atom is 0.285 e. The van der Waals surface area contributed by atoms with E-state index in [1.165, 1.54) is 0 Å². The fourth-order valence-electron chi connectivity index (χ4n) is 2.13. The van der Waals surface area contributed by atoms with E-state index in [1.54, 1.807) is 42.1 Å². The van der Waals surface area contributed by atoms with Gasteiger partial charge < -0.3 is 0 Å². The largest absolute Gasteiger partial charge is 0.285 e. The van der Waals surface area contributed by atoms with Crippen LogP contribution >= 0.6 is 23.4 Å². The summed E-state index contributed by atoms with van der Waals surface area (Å²) >= 11 is 7.45. The number of benzene rings is 2. The van der Waals surface area contributed by atoms with Gasteiger partial charge in [-0.15, -0.1) is 16.8 Å². The second-order valence-corrected chi connectivity index (χ2v) is 6.19. The van der Waals surface area contributed by atoms with Crippen molar-refractivity contribution in [2.24, 2.45) is 0 Å². The van der Waals surface area contributed by atoms with E-state index in [0.29, 0.717) is 21.9 Å². The third kappa shape index (κ3) is 3.02. The molecule has 112 valence electrons. The van der Waals surface area contributed by atoms with Crippen LogP contribution in [0, 0.1) is 0 Å². The lowest BCUT2D eigenvalue weighted by Crippen LogP contribution is -2.30. The quantitative estimate of drug-likeness (QED) is 0.476. The molecule has 0 saturated heterocycles. The lowest BCUT2D eigenvalue weighted by molar-refractivity contribution is -0.0852. The Balaban J connectivity index is 1.55. The van der Waals surface area contributed by atoms with Crippen LogP contribution in [0.1, 0.15) is 20.7 Å². The van der Waals surface area contributed by atoms with E-state index in [1.807, 2.05) is 18.2 Å². The molecule has 1 aliphatic rings. The van der Waals surface area contributed by atoms with Crippen LogP contribution in [-0.2, 0) is 4.84 Å². The van der Waals surface area contributed by atoms with Crippen LogP contribution in [0.5, 0.6) is 0 Å². The Morgan fingerprint density at radius 2 is 1.68 bits per heavy atom. The maximum atomic E-state index is 12.1. The molecule has 0 unspecified atom stereocenters. The van der Waals surface area contributed by atoms with Crippen LogP contribution in [0.2, 0.25) is 5.02 Å². The Labute approximate surface area is 137 Å². The third-order valence-electron chi connectivity index (χ3n) is 3.13. The molecular formula is C16H12ClNO3S. The normalized spacial score (nSPS) is 13.6. The van der Waals surface area contributed by atoms with Crippen LogP contribution < -0.4 is 0 Å². The van der Waals surface area contributed by atoms with E-state index in [0.717, 1.165) is 9.96 Å². The van der Waals surface area contributed by atoms with Gasteiger partial charge in [-0.2, -0.15) is 0 Å². The molecule has 2 aromatic rings. The van der Waals surface area contributed by atoms with Gasteiger partial charge in [0.15, 0.2) is 0 Å². The van der Waals surface area contributed by atoms with Gasteiger partial charge >= 0.3 is 0 Å². The summed E-state index contributed by atoms with van der Waals surface area (Å²) in [6, 6.07) is 14.2. The lowest BCUT2D eigenvalue weighted by Gasteiger charge is -2.13. The number of thioether (sulfide) groups is 1. The fourth-order valence-corrected chi connectivity index (χ4v) is 3.16. The summed E-state index contributed by atoms with van der Waals surface area (Å²) in [5, 5.41) is 1.51. The van der Waals surface area contributed by atoms with Crippen molar-refractivity contribution >= 4 is 35.2 Å². The van der Waals surface area contributed by atoms with Crippen molar-refractivity contribution in [3.8, 4) is 0 Å². The van der Waals surface area contributed by atoms with Crippen molar-refractivity contribution in [3.05, 3.63) is 64.7 Å². The van der Waals surface area contributed by atoms with Gasteiger partial charge in [-0.1, -0.05) is 29.8 Å². The molecule has 1 heterocycles. The van der Waals surface area contributed by atoms with Gasteiger partial charge in [0.05, 0.1) is 17.7 Å². The van der Waals surface area contributed by atoms with Crippen molar-refractivity contribution in [2.75, 3.05) is 12.4 Å². The first-order valence-electron chi connectivity index (χ1n) is 6.66. The van der Waals surface area contributed by atoms with Crippen molar-refractivity contribution in [2.45, 2.75) is 4.90 Å². The Morgan fingerprint density at radius 1 is 1.00 bits per heavy atom. The Bertz CT molecular complexity index is 700. The molecule has 2 aromatic carbocycles. The fraction of sp³-hybridized carbons (Fsp3) is 0.125. The van der Waals surface area contributed by atoms with Gasteiger partial charge in [0, 0.05) is 15.7 Å². The summed E-state index contributed by atoms with van der Waals surface area (Å²) in [6.07, 6.45) is 0. The number of rotatable bonds is 5. The highest BCUT2D eigenvalue weighted by Gasteiger charge is 2.36. The molecule has 0 spiro atoms. The molecule has 0 aliphatic carbocycles. The average Bonchev–Trinajstić information content (AvgIpc) is 2.77. The monoisotopic (exact) mass is 333 g/mol. The molecule has 0 fully saturated rings. The zero-order chi connectivity index (χ0) is 15.5. The number of carbonyl (C=O) groups is 2. The number of imide groups is 1. The first kappa shape index (κ1) is 15.1. The van der Waals surface area contributed by atoms with Crippen LogP contribution in [0.3, 0.4) is 0 Å². The first-order valence-corrected chi connectivity index (χ1v) is 8.02. The average molecular weight is 334 g/mol. The number of fused-ring (bicyclic) bond motifs is 1. The van der Waals surface area contributed by atoms with Gasteiger partial charge in [0.2, 0.25) is 0 Å². The summed E-state index contributed by atoms with van der Waals surface area (Å²) < 4.78 is 0. The minimum Gasteiger partial charge on any atom is -0.266 e. The molecule has 6 heteroatoms. The predicted octanol–water partition coefficient (Wildman–Crippen LogP) is 3.66. The van der Waals surface area contributed by atoms with Crippen LogP contribution in [-0.4, -0.2) is 29.2 Å². The van der Waals surface area contributed by atoms with E-state index < -0.39 is 11.8 Å². The number of nitrogens with zero attached hydrogens (tertiary/aromatic N) is 1. The number of hydrogen-bond donors (Lipinski definition) is 0. The van der Waals surface area contributed by atoms with Gasteiger partial charge in [-0.05, 0) is 30.3 Å². The molecule has 0 bridgehead atoms. The highest BCUT2D eigenvalue weighted by molar-refractivity contribution is 7.99. The lowest BCUT2D eigenvalue weighted by atomic mass is 10.1. The molecule has 0 N–H and O–H groups in total. The predicted molar refractivity (Wildman–Crippen MR) is 85.1 cm³/mol. The number of carbonyl (C=O) groups excluding carboxylic acids is 2. The van der Waals surface area contributed by atoms with E-state index >= 15 is 0 Å². The molecule has 22 heavy (non-hydrogen) atoms. The van der Waals surface area contributed by atoms with Gasteiger partial charge in [0.25, 0.3) is 11.8 Å². The summed E-state index contributed by atoms with van der Waals surface area (Å²) in [7, 11) is 0. The standard InChI is InChI=1S/C16H12ClNO3S/c17-11-4-3-5-12(10-11)22-9-8-21-18-15(19)13-6-1-2-7-14(13)16(18)20/h1-7,10H,8-9H2. The summed E-state index contributed by atoms with van der Waals surface area (Å²) in [5.74, 6) is -0.213. The minimum absolute atomic E-state index is 0.253. The summed E-state index contributed by atoms with van der Waals surface area (Å²) in [4.78, 5) is 30.5. The molecule has 0 radical (unpaired) electrons. The molecule has 0 saturated carbocycles. The van der Waals surface area contributed by atoms with E-state index in [2.05, 4.69) is 0 Å². The summed E-state index contributed by atoms with van der Waals surface area (Å²) in [6.45, 7) is 0.253. The maximum absolute atomic E-state index is 12.1. The van der Waals surface area contributed by atoms with Gasteiger partial charge in [-0.25, -0.2) is 0 Å². The second kappa shape index (κ2) is 6.52. The molecule has 0 aromatic heterocycles. The Hall–Kier alpha value is -1.82. The molecule has 3 rings (SSSR count). The molecule has 4 nitrogen and oxygen atoms in total. The highest BCUT2D eigenvalue weighted by Crippen LogP contribution is 2.24. The highest BCUT2D eigenvalue weighted by atomic mass is 35.5. The smallest absolute Gasteiger partial charge is 0.266 e. The van der Waals surface area contributed by atoms with E-state index in [9.17, 15) is 9.59 Å². The number of amides is 2. The van der Waals surface area contributed by atoms with Gasteiger partial charge in [-0.3, -0.25) is 14.4 Å². The van der Waals surface area contributed by atoms with E-state index in [-0.39, 0.29) is 6.61 Å².